The van der Waals surface area contributed by atoms with Crippen molar-refractivity contribution in [2.45, 2.75) is 18.9 Å². The Balaban J connectivity index is 2.15. The summed E-state index contributed by atoms with van der Waals surface area (Å²) < 4.78 is 19.3. The topological polar surface area (TPSA) is 47.3 Å². The molecule has 1 unspecified atom stereocenters. The molecule has 0 aliphatic heterocycles. The molecule has 3 nitrogen and oxygen atoms in total. The molecule has 0 bridgehead atoms. The number of ether oxygens (including phenoxy) is 1. The molecule has 0 aliphatic carbocycles. The van der Waals surface area contributed by atoms with Gasteiger partial charge in [-0.1, -0.05) is 41.9 Å². The molecule has 0 radical (unpaired) electrons. The van der Waals surface area contributed by atoms with E-state index in [1.807, 2.05) is 24.3 Å². The van der Waals surface area contributed by atoms with Crippen molar-refractivity contribution in [3.63, 3.8) is 0 Å². The zero-order valence-electron chi connectivity index (χ0n) is 11.8. The van der Waals surface area contributed by atoms with Crippen molar-refractivity contribution in [3.05, 3.63) is 64.4 Å². The summed E-state index contributed by atoms with van der Waals surface area (Å²) in [5.74, 6) is 6.01. The fourth-order valence-corrected chi connectivity index (χ4v) is 2.49. The standard InChI is InChI=1S/C16H18ClFN2O/c1-21-15-8-3-2-5-11(15)9-13(20-19)10-12-6-4-7-14(17)16(12)18/h2-8,13,20H,9-10,19H2,1H3. The zero-order valence-corrected chi connectivity index (χ0v) is 12.5. The van der Waals surface area contributed by atoms with Crippen molar-refractivity contribution in [2.24, 2.45) is 5.84 Å². The summed E-state index contributed by atoms with van der Waals surface area (Å²) in [6.45, 7) is 0. The van der Waals surface area contributed by atoms with Gasteiger partial charge >= 0.3 is 0 Å². The van der Waals surface area contributed by atoms with Crippen LogP contribution in [0.15, 0.2) is 42.5 Å². The van der Waals surface area contributed by atoms with Gasteiger partial charge in [-0.25, -0.2) is 4.39 Å². The number of benzene rings is 2. The molecular formula is C16H18ClFN2O. The van der Waals surface area contributed by atoms with Crippen LogP contribution < -0.4 is 16.0 Å². The molecule has 0 aromatic heterocycles. The second kappa shape index (κ2) is 7.41. The van der Waals surface area contributed by atoms with E-state index in [4.69, 9.17) is 22.2 Å². The molecule has 1 atom stereocenters. The second-order valence-electron chi connectivity index (χ2n) is 4.80. The molecule has 3 N–H and O–H groups in total. The van der Waals surface area contributed by atoms with Crippen molar-refractivity contribution in [1.29, 1.82) is 0 Å². The maximum Gasteiger partial charge on any atom is 0.145 e. The van der Waals surface area contributed by atoms with Gasteiger partial charge in [-0.3, -0.25) is 11.3 Å². The summed E-state index contributed by atoms with van der Waals surface area (Å²) in [5, 5.41) is 0.126. The minimum absolute atomic E-state index is 0.116. The molecule has 2 aromatic carbocycles. The van der Waals surface area contributed by atoms with Gasteiger partial charge in [0.2, 0.25) is 0 Å². The van der Waals surface area contributed by atoms with Gasteiger partial charge in [-0.05, 0) is 36.1 Å². The van der Waals surface area contributed by atoms with E-state index in [0.717, 1.165) is 11.3 Å². The fourth-order valence-electron chi connectivity index (χ4n) is 2.30. The van der Waals surface area contributed by atoms with Crippen molar-refractivity contribution >= 4 is 11.6 Å². The highest BCUT2D eigenvalue weighted by Crippen LogP contribution is 2.22. The third-order valence-electron chi connectivity index (χ3n) is 3.39. The smallest absolute Gasteiger partial charge is 0.145 e. The van der Waals surface area contributed by atoms with Gasteiger partial charge < -0.3 is 4.74 Å². The highest BCUT2D eigenvalue weighted by Gasteiger charge is 2.15. The summed E-state index contributed by atoms with van der Waals surface area (Å²) in [6.07, 6.45) is 1.08. The van der Waals surface area contributed by atoms with Crippen LogP contribution in [-0.2, 0) is 12.8 Å². The van der Waals surface area contributed by atoms with Crippen LogP contribution in [0.2, 0.25) is 5.02 Å². The number of nitrogens with one attached hydrogen (secondary N) is 1. The number of methoxy groups -OCH3 is 1. The first-order valence-corrected chi connectivity index (χ1v) is 7.04. The minimum Gasteiger partial charge on any atom is -0.496 e. The molecule has 2 aromatic rings. The molecule has 21 heavy (non-hydrogen) atoms. The molecule has 112 valence electrons. The van der Waals surface area contributed by atoms with E-state index in [0.29, 0.717) is 18.4 Å². The van der Waals surface area contributed by atoms with Gasteiger partial charge in [0.15, 0.2) is 0 Å². The molecule has 0 aliphatic rings. The molecule has 0 saturated heterocycles. The van der Waals surface area contributed by atoms with E-state index in [-0.39, 0.29) is 16.9 Å². The normalized spacial score (nSPS) is 12.2. The molecule has 5 heteroatoms. The first-order valence-electron chi connectivity index (χ1n) is 6.66. The highest BCUT2D eigenvalue weighted by molar-refractivity contribution is 6.30. The molecule has 0 spiro atoms. The Kier molecular flexibility index (Phi) is 5.56. The summed E-state index contributed by atoms with van der Waals surface area (Å²) in [5.41, 5.74) is 4.29. The van der Waals surface area contributed by atoms with Gasteiger partial charge in [0.1, 0.15) is 11.6 Å². The first kappa shape index (κ1) is 15.8. The lowest BCUT2D eigenvalue weighted by atomic mass is 9.98. The predicted molar refractivity (Wildman–Crippen MR) is 82.9 cm³/mol. The lowest BCUT2D eigenvalue weighted by Crippen LogP contribution is -2.38. The van der Waals surface area contributed by atoms with Crippen molar-refractivity contribution in [3.8, 4) is 5.75 Å². The van der Waals surface area contributed by atoms with Crippen LogP contribution in [0.25, 0.3) is 0 Å². The SMILES string of the molecule is COc1ccccc1CC(Cc1cccc(Cl)c1F)NN. The second-order valence-corrected chi connectivity index (χ2v) is 5.20. The predicted octanol–water partition coefficient (Wildman–Crippen LogP) is 3.10. The Morgan fingerprint density at radius 3 is 2.52 bits per heavy atom. The molecule has 0 saturated carbocycles. The van der Waals surface area contributed by atoms with E-state index in [1.165, 1.54) is 6.07 Å². The summed E-state index contributed by atoms with van der Waals surface area (Å²) in [6, 6.07) is 12.6. The van der Waals surface area contributed by atoms with E-state index in [1.54, 1.807) is 19.2 Å². The average molecular weight is 309 g/mol. The number of rotatable bonds is 6. The van der Waals surface area contributed by atoms with E-state index in [9.17, 15) is 4.39 Å². The van der Waals surface area contributed by atoms with Gasteiger partial charge in [0, 0.05) is 6.04 Å². The van der Waals surface area contributed by atoms with E-state index < -0.39 is 0 Å². The average Bonchev–Trinajstić information content (AvgIpc) is 2.51. The number of para-hydroxylation sites is 1. The Labute approximate surface area is 128 Å². The van der Waals surface area contributed by atoms with E-state index >= 15 is 0 Å². The maximum atomic E-state index is 14.0. The third-order valence-corrected chi connectivity index (χ3v) is 3.68. The van der Waals surface area contributed by atoms with Crippen LogP contribution in [0.3, 0.4) is 0 Å². The number of hydrazine groups is 1. The molecule has 2 rings (SSSR count). The third kappa shape index (κ3) is 3.94. The van der Waals surface area contributed by atoms with Crippen LogP contribution in [0, 0.1) is 5.82 Å². The first-order chi connectivity index (χ1) is 10.2. The summed E-state index contributed by atoms with van der Waals surface area (Å²) in [7, 11) is 1.63. The van der Waals surface area contributed by atoms with Crippen LogP contribution >= 0.6 is 11.6 Å². The summed E-state index contributed by atoms with van der Waals surface area (Å²) in [4.78, 5) is 0. The Morgan fingerprint density at radius 1 is 1.14 bits per heavy atom. The maximum absolute atomic E-state index is 14.0. The molecular weight excluding hydrogens is 291 g/mol. The number of hydrogen-bond acceptors (Lipinski definition) is 3. The Bertz CT molecular complexity index is 607. The van der Waals surface area contributed by atoms with Crippen molar-refractivity contribution in [2.75, 3.05) is 7.11 Å². The van der Waals surface area contributed by atoms with Crippen LogP contribution in [0.5, 0.6) is 5.75 Å². The van der Waals surface area contributed by atoms with E-state index in [2.05, 4.69) is 5.43 Å². The quantitative estimate of drug-likeness (QED) is 0.637. The van der Waals surface area contributed by atoms with Gasteiger partial charge in [-0.2, -0.15) is 0 Å². The van der Waals surface area contributed by atoms with Crippen molar-refractivity contribution < 1.29 is 9.13 Å². The van der Waals surface area contributed by atoms with Gasteiger partial charge in [0.05, 0.1) is 12.1 Å². The number of hydrogen-bond donors (Lipinski definition) is 2. The molecule has 0 fully saturated rings. The Hall–Kier alpha value is -1.62. The van der Waals surface area contributed by atoms with Crippen molar-refractivity contribution in [1.82, 2.24) is 5.43 Å². The Morgan fingerprint density at radius 2 is 1.81 bits per heavy atom. The number of nitrogens with two attached hydrogens (primary N) is 1. The highest BCUT2D eigenvalue weighted by atomic mass is 35.5. The van der Waals surface area contributed by atoms with Crippen LogP contribution in [0.4, 0.5) is 4.39 Å². The molecule has 0 amide bonds. The monoisotopic (exact) mass is 308 g/mol. The lowest BCUT2D eigenvalue weighted by molar-refractivity contribution is 0.404. The largest absolute Gasteiger partial charge is 0.496 e. The minimum atomic E-state index is -0.389. The van der Waals surface area contributed by atoms with Gasteiger partial charge in [0.25, 0.3) is 0 Å². The van der Waals surface area contributed by atoms with Gasteiger partial charge in [-0.15, -0.1) is 0 Å². The fraction of sp³-hybridized carbons (Fsp3) is 0.250. The number of halogens is 2. The van der Waals surface area contributed by atoms with Crippen LogP contribution in [0.1, 0.15) is 11.1 Å². The lowest BCUT2D eigenvalue weighted by Gasteiger charge is -2.18. The summed E-state index contributed by atoms with van der Waals surface area (Å²) >= 11 is 5.80. The van der Waals surface area contributed by atoms with Crippen LogP contribution in [-0.4, -0.2) is 13.2 Å². The molecule has 0 heterocycles. The zero-order chi connectivity index (χ0) is 15.2.